The van der Waals surface area contributed by atoms with Crippen molar-refractivity contribution in [2.24, 2.45) is 0 Å². The quantitative estimate of drug-likeness (QED) is 0.619. The van der Waals surface area contributed by atoms with Crippen LogP contribution >= 0.6 is 0 Å². The molecule has 3 aromatic rings. The van der Waals surface area contributed by atoms with E-state index in [0.29, 0.717) is 5.58 Å². The van der Waals surface area contributed by atoms with Gasteiger partial charge in [-0.25, -0.2) is 4.79 Å². The monoisotopic (exact) mass is 399 g/mol. The molecule has 2 aromatic heterocycles. The normalized spacial score (nSPS) is 11.8. The molecule has 9 heteroatoms. The molecular formula is C20H17NO8. The lowest BCUT2D eigenvalue weighted by molar-refractivity contribution is -0.140. The van der Waals surface area contributed by atoms with E-state index in [4.69, 9.17) is 4.42 Å². The first-order valence-corrected chi connectivity index (χ1v) is 8.49. The second kappa shape index (κ2) is 8.01. The predicted octanol–water partition coefficient (Wildman–Crippen LogP) is 1.67. The van der Waals surface area contributed by atoms with Crippen LogP contribution in [0.1, 0.15) is 33.8 Å². The van der Waals surface area contributed by atoms with Crippen LogP contribution in [0.3, 0.4) is 0 Å². The van der Waals surface area contributed by atoms with Gasteiger partial charge in [-0.05, 0) is 12.1 Å². The molecule has 1 aromatic carbocycles. The maximum atomic E-state index is 13.0. The highest BCUT2D eigenvalue weighted by atomic mass is 16.5. The van der Waals surface area contributed by atoms with Gasteiger partial charge in [0.25, 0.3) is 5.56 Å². The van der Waals surface area contributed by atoms with E-state index in [-0.39, 0.29) is 22.1 Å². The second-order valence-corrected chi connectivity index (χ2v) is 6.13. The van der Waals surface area contributed by atoms with Crippen LogP contribution < -0.4 is 11.0 Å². The highest BCUT2D eigenvalue weighted by Crippen LogP contribution is 2.33. The van der Waals surface area contributed by atoms with Crippen molar-refractivity contribution in [1.82, 2.24) is 4.98 Å². The highest BCUT2D eigenvalue weighted by molar-refractivity contribution is 5.92. The summed E-state index contributed by atoms with van der Waals surface area (Å²) in [6.07, 6.45) is 1.67. The molecule has 0 aliphatic rings. The van der Waals surface area contributed by atoms with Crippen LogP contribution in [-0.2, 0) is 14.3 Å². The summed E-state index contributed by atoms with van der Waals surface area (Å²) in [4.78, 5) is 51.7. The minimum Gasteiger partial charge on any atom is -0.506 e. The number of hydrogen-bond acceptors (Lipinski definition) is 8. The lowest BCUT2D eigenvalue weighted by Gasteiger charge is -2.17. The lowest BCUT2D eigenvalue weighted by Crippen LogP contribution is -2.25. The largest absolute Gasteiger partial charge is 0.506 e. The van der Waals surface area contributed by atoms with Crippen LogP contribution in [0.15, 0.2) is 50.7 Å². The number of carbonyl (C=O) groups excluding carboxylic acids is 2. The summed E-state index contributed by atoms with van der Waals surface area (Å²) < 4.78 is 14.7. The number of fused-ring (bicyclic) bond motifs is 1. The van der Waals surface area contributed by atoms with Crippen LogP contribution in [0.5, 0.6) is 5.75 Å². The zero-order valence-corrected chi connectivity index (χ0v) is 15.6. The van der Waals surface area contributed by atoms with Gasteiger partial charge >= 0.3 is 11.9 Å². The molecule has 0 aliphatic carbocycles. The topological polar surface area (TPSA) is 136 Å². The van der Waals surface area contributed by atoms with Gasteiger partial charge in [-0.3, -0.25) is 14.4 Å². The molecule has 2 heterocycles. The van der Waals surface area contributed by atoms with Crippen molar-refractivity contribution in [2.75, 3.05) is 14.2 Å². The molecule has 0 fully saturated rings. The molecule has 0 unspecified atom stereocenters. The number of benzene rings is 1. The fourth-order valence-corrected chi connectivity index (χ4v) is 3.08. The maximum Gasteiger partial charge on any atom is 0.343 e. The molecule has 29 heavy (non-hydrogen) atoms. The van der Waals surface area contributed by atoms with Gasteiger partial charge in [0, 0.05) is 17.7 Å². The number of H-pyrrole nitrogens is 1. The predicted molar refractivity (Wildman–Crippen MR) is 101 cm³/mol. The Hall–Kier alpha value is -3.88. The van der Waals surface area contributed by atoms with Gasteiger partial charge in [0.2, 0.25) is 0 Å². The smallest absolute Gasteiger partial charge is 0.343 e. The second-order valence-electron chi connectivity index (χ2n) is 6.13. The number of hydrogen-bond donors (Lipinski definition) is 2. The van der Waals surface area contributed by atoms with E-state index in [0.717, 1.165) is 26.7 Å². The first-order valence-electron chi connectivity index (χ1n) is 8.49. The zero-order chi connectivity index (χ0) is 21.1. The standard InChI is InChI=1S/C20H17NO8/c1-27-15(22)7-11(13-9-29-14-6-4-3-5-10(14)17(13)23)16-18(24)12(20(26)28-2)8-21-19(16)25/h3-6,8-9,11H,7H2,1-2H3,(H2,21,24,25)/t11-/m1/s1. The molecule has 0 saturated heterocycles. The van der Waals surface area contributed by atoms with Crippen molar-refractivity contribution in [3.63, 3.8) is 0 Å². The molecule has 1 atom stereocenters. The molecule has 9 nitrogen and oxygen atoms in total. The number of ether oxygens (including phenoxy) is 2. The Bertz CT molecular complexity index is 1210. The summed E-state index contributed by atoms with van der Waals surface area (Å²) in [7, 11) is 2.26. The Morgan fingerprint density at radius 3 is 2.59 bits per heavy atom. The number of aromatic amines is 1. The van der Waals surface area contributed by atoms with Gasteiger partial charge in [-0.2, -0.15) is 0 Å². The van der Waals surface area contributed by atoms with Gasteiger partial charge in [0.05, 0.1) is 37.9 Å². The maximum absolute atomic E-state index is 13.0. The van der Waals surface area contributed by atoms with Crippen molar-refractivity contribution in [3.05, 3.63) is 74.0 Å². The molecule has 150 valence electrons. The third kappa shape index (κ3) is 3.62. The first kappa shape index (κ1) is 19.9. The number of nitrogens with one attached hydrogen (secondary N) is 1. The Labute approximate surface area is 163 Å². The average Bonchev–Trinajstić information content (AvgIpc) is 2.73. The van der Waals surface area contributed by atoms with Crippen LogP contribution in [0, 0.1) is 0 Å². The summed E-state index contributed by atoms with van der Waals surface area (Å²) in [6.45, 7) is 0. The van der Waals surface area contributed by atoms with Crippen molar-refractivity contribution < 1.29 is 28.6 Å². The molecule has 0 saturated carbocycles. The van der Waals surface area contributed by atoms with Gasteiger partial charge in [0.15, 0.2) is 5.43 Å². The van der Waals surface area contributed by atoms with Gasteiger partial charge in [0.1, 0.15) is 16.9 Å². The number of pyridine rings is 1. The molecule has 0 aliphatic heterocycles. The summed E-state index contributed by atoms with van der Waals surface area (Å²) in [5, 5.41) is 10.8. The molecule has 3 rings (SSSR count). The van der Waals surface area contributed by atoms with E-state index in [2.05, 4.69) is 14.5 Å². The number of aromatic hydroxyl groups is 1. The van der Waals surface area contributed by atoms with Crippen LogP contribution in [0.25, 0.3) is 11.0 Å². The van der Waals surface area contributed by atoms with Crippen LogP contribution in [0.4, 0.5) is 0 Å². The van der Waals surface area contributed by atoms with E-state index in [1.165, 1.54) is 6.07 Å². The van der Waals surface area contributed by atoms with Crippen LogP contribution in [-0.4, -0.2) is 36.2 Å². The molecule has 0 radical (unpaired) electrons. The third-order valence-electron chi connectivity index (χ3n) is 4.54. The lowest BCUT2D eigenvalue weighted by atomic mass is 9.88. The Morgan fingerprint density at radius 1 is 1.17 bits per heavy atom. The summed E-state index contributed by atoms with van der Waals surface area (Å²) >= 11 is 0. The Morgan fingerprint density at radius 2 is 1.90 bits per heavy atom. The highest BCUT2D eigenvalue weighted by Gasteiger charge is 2.30. The van der Waals surface area contributed by atoms with Gasteiger partial charge in [-0.1, -0.05) is 12.1 Å². The minimum atomic E-state index is -1.23. The van der Waals surface area contributed by atoms with E-state index in [1.807, 2.05) is 0 Å². The molecule has 0 spiro atoms. The minimum absolute atomic E-state index is 0.0445. The number of methoxy groups -OCH3 is 2. The molecular weight excluding hydrogens is 382 g/mol. The summed E-state index contributed by atoms with van der Waals surface area (Å²) in [6, 6.07) is 6.46. The van der Waals surface area contributed by atoms with E-state index >= 15 is 0 Å². The Kier molecular flexibility index (Phi) is 5.49. The molecule has 0 bridgehead atoms. The molecule has 2 N–H and O–H groups in total. The summed E-state index contributed by atoms with van der Waals surface area (Å²) in [5.74, 6) is -3.55. The number of carbonyl (C=O) groups is 2. The van der Waals surface area contributed by atoms with Crippen molar-refractivity contribution in [1.29, 1.82) is 0 Å². The molecule has 0 amide bonds. The fourth-order valence-electron chi connectivity index (χ4n) is 3.08. The average molecular weight is 399 g/mol. The SMILES string of the molecule is COC(=O)C[C@@H](c1c(O)c(C(=O)OC)c[nH]c1=O)c1coc2ccccc2c1=O. The van der Waals surface area contributed by atoms with Gasteiger partial charge in [-0.15, -0.1) is 0 Å². The fraction of sp³-hybridized carbons (Fsp3) is 0.200. The first-order chi connectivity index (χ1) is 13.9. The number of rotatable bonds is 5. The zero-order valence-electron chi connectivity index (χ0n) is 15.6. The number of aromatic nitrogens is 1. The van der Waals surface area contributed by atoms with E-state index in [1.54, 1.807) is 18.2 Å². The number of para-hydroxylation sites is 1. The van der Waals surface area contributed by atoms with E-state index < -0.39 is 41.0 Å². The van der Waals surface area contributed by atoms with Crippen LogP contribution in [0.2, 0.25) is 0 Å². The van der Waals surface area contributed by atoms with Crippen molar-refractivity contribution in [3.8, 4) is 5.75 Å². The van der Waals surface area contributed by atoms with Crippen molar-refractivity contribution >= 4 is 22.9 Å². The van der Waals surface area contributed by atoms with Gasteiger partial charge < -0.3 is 24.0 Å². The number of esters is 2. The third-order valence-corrected chi connectivity index (χ3v) is 4.54. The van der Waals surface area contributed by atoms with E-state index in [9.17, 15) is 24.3 Å². The Balaban J connectivity index is 2.30. The van der Waals surface area contributed by atoms with Crippen molar-refractivity contribution in [2.45, 2.75) is 12.3 Å². The summed E-state index contributed by atoms with van der Waals surface area (Å²) in [5.41, 5.74) is -1.65.